The average molecular weight is 284 g/mol. The third-order valence-electron chi connectivity index (χ3n) is 3.53. The molecule has 0 atom stereocenters. The number of anilines is 2. The van der Waals surface area contributed by atoms with Gasteiger partial charge in [-0.05, 0) is 51.1 Å². The lowest BCUT2D eigenvalue weighted by molar-refractivity contribution is 0.336. The summed E-state index contributed by atoms with van der Waals surface area (Å²) in [7, 11) is 0. The van der Waals surface area contributed by atoms with Gasteiger partial charge in [-0.1, -0.05) is 17.7 Å². The molecule has 0 radical (unpaired) electrons. The first-order valence-corrected chi connectivity index (χ1v) is 7.46. The number of nitrogen functional groups attached to an aromatic ring is 1. The van der Waals surface area contributed by atoms with Crippen LogP contribution in [0.2, 0.25) is 0 Å². The second kappa shape index (κ2) is 7.02. The van der Waals surface area contributed by atoms with Crippen LogP contribution in [0, 0.1) is 6.92 Å². The van der Waals surface area contributed by atoms with Crippen LogP contribution in [0.3, 0.4) is 0 Å². The Labute approximate surface area is 127 Å². The van der Waals surface area contributed by atoms with Crippen LogP contribution < -0.4 is 15.4 Å². The maximum Gasteiger partial charge on any atom is 0.124 e. The van der Waals surface area contributed by atoms with Gasteiger partial charge >= 0.3 is 0 Å². The van der Waals surface area contributed by atoms with E-state index < -0.39 is 0 Å². The molecule has 0 aliphatic heterocycles. The molecule has 0 aliphatic carbocycles. The molecule has 0 aliphatic rings. The number of nitrogens with zero attached hydrogens (tertiary/aromatic N) is 1. The Morgan fingerprint density at radius 1 is 1.05 bits per heavy atom. The van der Waals surface area contributed by atoms with Gasteiger partial charge in [-0.15, -0.1) is 0 Å². The van der Waals surface area contributed by atoms with Crippen molar-refractivity contribution in [3.63, 3.8) is 0 Å². The fraction of sp³-hybridized carbons (Fsp3) is 0.333. The largest absolute Gasteiger partial charge is 0.494 e. The summed E-state index contributed by atoms with van der Waals surface area (Å²) in [5.41, 5.74) is 10.3. The van der Waals surface area contributed by atoms with Crippen molar-refractivity contribution >= 4 is 11.4 Å². The highest BCUT2D eigenvalue weighted by Crippen LogP contribution is 2.25. The van der Waals surface area contributed by atoms with E-state index in [9.17, 15) is 0 Å². The number of nitrogens with two attached hydrogens (primary N) is 1. The molecule has 3 heteroatoms. The van der Waals surface area contributed by atoms with Gasteiger partial charge < -0.3 is 15.4 Å². The van der Waals surface area contributed by atoms with Crippen LogP contribution in [-0.2, 0) is 6.54 Å². The van der Waals surface area contributed by atoms with Crippen molar-refractivity contribution in [1.29, 1.82) is 0 Å². The quantitative estimate of drug-likeness (QED) is 0.815. The lowest BCUT2D eigenvalue weighted by Gasteiger charge is -2.24. The topological polar surface area (TPSA) is 38.5 Å². The first-order chi connectivity index (χ1) is 10.1. The van der Waals surface area contributed by atoms with Gasteiger partial charge in [-0.25, -0.2) is 0 Å². The Morgan fingerprint density at radius 3 is 2.38 bits per heavy atom. The highest BCUT2D eigenvalue weighted by atomic mass is 16.5. The number of rotatable bonds is 6. The zero-order valence-electron chi connectivity index (χ0n) is 13.1. The zero-order chi connectivity index (χ0) is 15.2. The molecule has 0 heterocycles. The fourth-order valence-electron chi connectivity index (χ4n) is 2.37. The van der Waals surface area contributed by atoms with Crippen molar-refractivity contribution in [2.75, 3.05) is 23.8 Å². The standard InChI is InChI=1S/C18H24N2O/c1-4-20(17-9-6-14(3)7-10-17)13-15-12-16(19)8-11-18(15)21-5-2/h6-12H,4-5,13,19H2,1-3H3. The summed E-state index contributed by atoms with van der Waals surface area (Å²) in [5.74, 6) is 0.914. The number of aryl methyl sites for hydroxylation is 1. The summed E-state index contributed by atoms with van der Waals surface area (Å²) in [4.78, 5) is 2.32. The van der Waals surface area contributed by atoms with Crippen LogP contribution in [0.5, 0.6) is 5.75 Å². The van der Waals surface area contributed by atoms with Crippen LogP contribution in [0.25, 0.3) is 0 Å². The van der Waals surface area contributed by atoms with Gasteiger partial charge in [0.2, 0.25) is 0 Å². The van der Waals surface area contributed by atoms with Gasteiger partial charge in [0.25, 0.3) is 0 Å². The summed E-state index contributed by atoms with van der Waals surface area (Å²) in [5, 5.41) is 0. The molecule has 2 aromatic carbocycles. The van der Waals surface area contributed by atoms with Crippen molar-refractivity contribution in [3.8, 4) is 5.75 Å². The normalized spacial score (nSPS) is 10.4. The number of hydrogen-bond donors (Lipinski definition) is 1. The maximum absolute atomic E-state index is 5.93. The molecule has 2 N–H and O–H groups in total. The summed E-state index contributed by atoms with van der Waals surface area (Å²) < 4.78 is 5.71. The van der Waals surface area contributed by atoms with Gasteiger partial charge in [0, 0.05) is 30.0 Å². The fourth-order valence-corrected chi connectivity index (χ4v) is 2.37. The number of benzene rings is 2. The Balaban J connectivity index is 2.25. The highest BCUT2D eigenvalue weighted by molar-refractivity contribution is 5.52. The molecular weight excluding hydrogens is 260 g/mol. The van der Waals surface area contributed by atoms with E-state index in [1.807, 2.05) is 25.1 Å². The Kier molecular flexibility index (Phi) is 5.09. The minimum atomic E-state index is 0.660. The van der Waals surface area contributed by atoms with Crippen LogP contribution in [-0.4, -0.2) is 13.2 Å². The predicted octanol–water partition coefficient (Wildman–Crippen LogP) is 4.00. The third kappa shape index (κ3) is 3.91. The SMILES string of the molecule is CCOc1ccc(N)cc1CN(CC)c1ccc(C)cc1. The van der Waals surface area contributed by atoms with E-state index in [0.29, 0.717) is 6.61 Å². The molecule has 0 bridgehead atoms. The first kappa shape index (κ1) is 15.2. The predicted molar refractivity (Wildman–Crippen MR) is 89.9 cm³/mol. The molecule has 2 aromatic rings. The van der Waals surface area contributed by atoms with E-state index in [0.717, 1.165) is 30.1 Å². The van der Waals surface area contributed by atoms with E-state index in [4.69, 9.17) is 10.5 Å². The maximum atomic E-state index is 5.93. The third-order valence-corrected chi connectivity index (χ3v) is 3.53. The molecule has 3 nitrogen and oxygen atoms in total. The number of ether oxygens (including phenoxy) is 1. The Bertz CT molecular complexity index is 578. The lowest BCUT2D eigenvalue weighted by atomic mass is 10.1. The Morgan fingerprint density at radius 2 is 1.76 bits per heavy atom. The smallest absolute Gasteiger partial charge is 0.124 e. The summed E-state index contributed by atoms with van der Waals surface area (Å²) in [6.07, 6.45) is 0. The Hall–Kier alpha value is -2.16. The molecule has 0 fully saturated rings. The minimum absolute atomic E-state index is 0.660. The molecule has 0 amide bonds. The average Bonchev–Trinajstić information content (AvgIpc) is 2.48. The molecule has 112 valence electrons. The lowest BCUT2D eigenvalue weighted by Crippen LogP contribution is -2.22. The van der Waals surface area contributed by atoms with Crippen LogP contribution >= 0.6 is 0 Å². The summed E-state index contributed by atoms with van der Waals surface area (Å²) >= 11 is 0. The molecular formula is C18H24N2O. The molecule has 0 unspecified atom stereocenters. The van der Waals surface area contributed by atoms with E-state index >= 15 is 0 Å². The van der Waals surface area contributed by atoms with Crippen LogP contribution in [0.4, 0.5) is 11.4 Å². The molecule has 0 saturated carbocycles. The second-order valence-electron chi connectivity index (χ2n) is 5.15. The highest BCUT2D eigenvalue weighted by Gasteiger charge is 2.10. The molecule has 0 aromatic heterocycles. The molecule has 21 heavy (non-hydrogen) atoms. The van der Waals surface area contributed by atoms with Crippen LogP contribution in [0.15, 0.2) is 42.5 Å². The van der Waals surface area contributed by atoms with E-state index in [-0.39, 0.29) is 0 Å². The molecule has 0 spiro atoms. The number of hydrogen-bond acceptors (Lipinski definition) is 3. The van der Waals surface area contributed by atoms with E-state index in [1.165, 1.54) is 11.3 Å². The van der Waals surface area contributed by atoms with Gasteiger partial charge in [0.15, 0.2) is 0 Å². The monoisotopic (exact) mass is 284 g/mol. The minimum Gasteiger partial charge on any atom is -0.494 e. The van der Waals surface area contributed by atoms with E-state index in [2.05, 4.69) is 43.0 Å². The summed E-state index contributed by atoms with van der Waals surface area (Å²) in [6.45, 7) is 8.65. The van der Waals surface area contributed by atoms with Gasteiger partial charge in [0.1, 0.15) is 5.75 Å². The van der Waals surface area contributed by atoms with Gasteiger partial charge in [0.05, 0.1) is 6.61 Å². The van der Waals surface area contributed by atoms with Gasteiger partial charge in [-0.2, -0.15) is 0 Å². The second-order valence-corrected chi connectivity index (χ2v) is 5.15. The summed E-state index contributed by atoms with van der Waals surface area (Å²) in [6, 6.07) is 14.4. The van der Waals surface area contributed by atoms with Crippen molar-refractivity contribution in [2.45, 2.75) is 27.3 Å². The molecule has 2 rings (SSSR count). The van der Waals surface area contributed by atoms with Crippen LogP contribution in [0.1, 0.15) is 25.0 Å². The van der Waals surface area contributed by atoms with Crippen molar-refractivity contribution in [3.05, 3.63) is 53.6 Å². The van der Waals surface area contributed by atoms with Gasteiger partial charge in [-0.3, -0.25) is 0 Å². The van der Waals surface area contributed by atoms with Crippen molar-refractivity contribution < 1.29 is 4.74 Å². The van der Waals surface area contributed by atoms with Crippen molar-refractivity contribution in [2.24, 2.45) is 0 Å². The van der Waals surface area contributed by atoms with Crippen molar-refractivity contribution in [1.82, 2.24) is 0 Å². The van der Waals surface area contributed by atoms with E-state index in [1.54, 1.807) is 0 Å². The first-order valence-electron chi connectivity index (χ1n) is 7.46. The zero-order valence-corrected chi connectivity index (χ0v) is 13.1. The molecule has 0 saturated heterocycles.